The predicted octanol–water partition coefficient (Wildman–Crippen LogP) is 10.7. The van der Waals surface area contributed by atoms with Gasteiger partial charge in [0.15, 0.2) is 0 Å². The van der Waals surface area contributed by atoms with Gasteiger partial charge in [-0.1, -0.05) is 104 Å². The van der Waals surface area contributed by atoms with Crippen LogP contribution in [0.15, 0.2) is 23.8 Å². The minimum absolute atomic E-state index is 0.0461. The highest BCUT2D eigenvalue weighted by atomic mass is 16.5. The zero-order valence-corrected chi connectivity index (χ0v) is 26.8. The van der Waals surface area contributed by atoms with Crippen molar-refractivity contribution in [1.29, 1.82) is 0 Å². The lowest BCUT2D eigenvalue weighted by molar-refractivity contribution is -0.151. The SMILES string of the molecule is CCCCCCCCC(=O)OC1CCC2(C)C(=CCC3C2CCC2(C)C(C(C)/C=C/C(C)C(C)C)CCC32)C1. The fraction of sp³-hybridized carbons (Fsp3) is 0.865. The number of hydrogen-bond donors (Lipinski definition) is 0. The second-order valence-electron chi connectivity index (χ2n) is 15.2. The van der Waals surface area contributed by atoms with Gasteiger partial charge in [-0.15, -0.1) is 0 Å². The van der Waals surface area contributed by atoms with Crippen molar-refractivity contribution in [2.45, 2.75) is 151 Å². The van der Waals surface area contributed by atoms with Crippen molar-refractivity contribution in [3.63, 3.8) is 0 Å². The van der Waals surface area contributed by atoms with E-state index in [1.165, 1.54) is 70.6 Å². The predicted molar refractivity (Wildman–Crippen MR) is 165 cm³/mol. The molecule has 2 nitrogen and oxygen atoms in total. The van der Waals surface area contributed by atoms with Crippen molar-refractivity contribution in [3.8, 4) is 0 Å². The molecule has 222 valence electrons. The Labute approximate surface area is 242 Å². The Morgan fingerprint density at radius 3 is 2.44 bits per heavy atom. The summed E-state index contributed by atoms with van der Waals surface area (Å²) >= 11 is 0. The zero-order valence-electron chi connectivity index (χ0n) is 26.8. The van der Waals surface area contributed by atoms with E-state index in [4.69, 9.17) is 4.74 Å². The summed E-state index contributed by atoms with van der Waals surface area (Å²) in [6.45, 7) is 17.1. The fourth-order valence-electron chi connectivity index (χ4n) is 9.63. The second kappa shape index (κ2) is 13.3. The molecule has 2 heteroatoms. The van der Waals surface area contributed by atoms with E-state index in [9.17, 15) is 4.79 Å². The van der Waals surface area contributed by atoms with Gasteiger partial charge in [0, 0.05) is 12.8 Å². The van der Waals surface area contributed by atoms with E-state index < -0.39 is 0 Å². The van der Waals surface area contributed by atoms with Gasteiger partial charge in [0.25, 0.3) is 0 Å². The molecule has 3 fully saturated rings. The summed E-state index contributed by atoms with van der Waals surface area (Å²) in [5.41, 5.74) is 2.45. The molecule has 0 amide bonds. The molecular formula is C37H62O2. The number of unbranched alkanes of at least 4 members (excludes halogenated alkanes) is 5. The Bertz CT molecular complexity index is 869. The van der Waals surface area contributed by atoms with Gasteiger partial charge in [0.1, 0.15) is 6.10 Å². The Balaban J connectivity index is 1.34. The van der Waals surface area contributed by atoms with E-state index in [-0.39, 0.29) is 12.1 Å². The molecule has 0 spiro atoms. The van der Waals surface area contributed by atoms with Crippen molar-refractivity contribution in [2.24, 2.45) is 52.3 Å². The topological polar surface area (TPSA) is 26.3 Å². The molecule has 3 saturated carbocycles. The molecule has 0 radical (unpaired) electrons. The van der Waals surface area contributed by atoms with Gasteiger partial charge >= 0.3 is 5.97 Å². The first kappa shape index (κ1) is 30.9. The lowest BCUT2D eigenvalue weighted by Crippen LogP contribution is -2.51. The largest absolute Gasteiger partial charge is 0.462 e. The third kappa shape index (κ3) is 6.72. The average molecular weight is 539 g/mol. The maximum atomic E-state index is 12.6. The number of ether oxygens (including phenoxy) is 1. The van der Waals surface area contributed by atoms with E-state index in [0.29, 0.717) is 29.1 Å². The summed E-state index contributed by atoms with van der Waals surface area (Å²) in [5, 5.41) is 0. The van der Waals surface area contributed by atoms with Crippen LogP contribution in [0.3, 0.4) is 0 Å². The quantitative estimate of drug-likeness (QED) is 0.140. The lowest BCUT2D eigenvalue weighted by atomic mass is 9.47. The van der Waals surface area contributed by atoms with E-state index in [2.05, 4.69) is 66.7 Å². The summed E-state index contributed by atoms with van der Waals surface area (Å²) in [7, 11) is 0. The molecule has 4 aliphatic rings. The molecule has 0 heterocycles. The van der Waals surface area contributed by atoms with Crippen molar-refractivity contribution >= 4 is 5.97 Å². The highest BCUT2D eigenvalue weighted by molar-refractivity contribution is 5.69. The molecule has 9 unspecified atom stereocenters. The maximum absolute atomic E-state index is 12.6. The van der Waals surface area contributed by atoms with Crippen molar-refractivity contribution in [2.75, 3.05) is 0 Å². The number of carbonyl (C=O) groups is 1. The standard InChI is InChI=1S/C37H62O2/c1-8-9-10-11-12-13-14-35(38)39-30-21-23-36(6)29(25-30)17-18-31-33-20-19-32(37(33,7)24-22-34(31)36)28(5)16-15-27(4)26(2)3/h15-17,26-28,30-34H,8-14,18-25H2,1-7H3/b16-15+. The highest BCUT2D eigenvalue weighted by Crippen LogP contribution is 2.67. The molecule has 0 aromatic rings. The summed E-state index contributed by atoms with van der Waals surface area (Å²) in [6, 6.07) is 0. The average Bonchev–Trinajstić information content (AvgIpc) is 3.26. The van der Waals surface area contributed by atoms with Crippen LogP contribution in [-0.4, -0.2) is 12.1 Å². The molecule has 0 saturated heterocycles. The lowest BCUT2D eigenvalue weighted by Gasteiger charge is -2.58. The number of hydrogen-bond acceptors (Lipinski definition) is 2. The third-order valence-electron chi connectivity index (χ3n) is 12.6. The normalized spacial score (nSPS) is 37.6. The van der Waals surface area contributed by atoms with Gasteiger partial charge < -0.3 is 4.74 Å². The smallest absolute Gasteiger partial charge is 0.306 e. The summed E-state index contributed by atoms with van der Waals surface area (Å²) in [4.78, 5) is 12.6. The fourth-order valence-corrected chi connectivity index (χ4v) is 9.63. The summed E-state index contributed by atoms with van der Waals surface area (Å²) in [5.74, 6) is 5.50. The van der Waals surface area contributed by atoms with Gasteiger partial charge in [-0.25, -0.2) is 0 Å². The molecule has 0 aromatic heterocycles. The number of fused-ring (bicyclic) bond motifs is 5. The Hall–Kier alpha value is -1.05. The number of allylic oxidation sites excluding steroid dienone is 3. The van der Waals surface area contributed by atoms with Crippen molar-refractivity contribution in [1.82, 2.24) is 0 Å². The van der Waals surface area contributed by atoms with Crippen LogP contribution in [-0.2, 0) is 9.53 Å². The molecule has 0 bridgehead atoms. The van der Waals surface area contributed by atoms with Crippen LogP contribution in [0, 0.1) is 52.3 Å². The van der Waals surface area contributed by atoms with Crippen LogP contribution in [0.4, 0.5) is 0 Å². The molecule has 4 rings (SSSR count). The molecule has 9 atom stereocenters. The first-order valence-corrected chi connectivity index (χ1v) is 17.2. The minimum atomic E-state index is 0.0461. The third-order valence-corrected chi connectivity index (χ3v) is 12.6. The highest BCUT2D eigenvalue weighted by Gasteiger charge is 2.59. The summed E-state index contributed by atoms with van der Waals surface area (Å²) in [6.07, 6.45) is 25.9. The van der Waals surface area contributed by atoms with Gasteiger partial charge in [-0.3, -0.25) is 4.79 Å². The number of esters is 1. The minimum Gasteiger partial charge on any atom is -0.462 e. The van der Waals surface area contributed by atoms with E-state index >= 15 is 0 Å². The van der Waals surface area contributed by atoms with Crippen LogP contribution in [0.25, 0.3) is 0 Å². The first-order chi connectivity index (χ1) is 18.6. The molecule has 4 aliphatic carbocycles. The van der Waals surface area contributed by atoms with E-state index in [1.54, 1.807) is 5.57 Å². The first-order valence-electron chi connectivity index (χ1n) is 17.2. The molecule has 0 aliphatic heterocycles. The van der Waals surface area contributed by atoms with Gasteiger partial charge in [-0.2, -0.15) is 0 Å². The molecule has 0 N–H and O–H groups in total. The second-order valence-corrected chi connectivity index (χ2v) is 15.2. The van der Waals surface area contributed by atoms with Crippen LogP contribution in [0.5, 0.6) is 0 Å². The van der Waals surface area contributed by atoms with Crippen LogP contribution >= 0.6 is 0 Å². The Kier molecular flexibility index (Phi) is 10.5. The van der Waals surface area contributed by atoms with E-state index in [0.717, 1.165) is 48.9 Å². The Morgan fingerprint density at radius 2 is 1.69 bits per heavy atom. The summed E-state index contributed by atoms with van der Waals surface area (Å²) < 4.78 is 6.04. The van der Waals surface area contributed by atoms with Crippen molar-refractivity contribution < 1.29 is 9.53 Å². The van der Waals surface area contributed by atoms with Gasteiger partial charge in [0.05, 0.1) is 0 Å². The van der Waals surface area contributed by atoms with Crippen LogP contribution < -0.4 is 0 Å². The maximum Gasteiger partial charge on any atom is 0.306 e. The van der Waals surface area contributed by atoms with Crippen LogP contribution in [0.2, 0.25) is 0 Å². The molecule has 39 heavy (non-hydrogen) atoms. The molecular weight excluding hydrogens is 476 g/mol. The molecule has 0 aromatic carbocycles. The van der Waals surface area contributed by atoms with Crippen LogP contribution in [0.1, 0.15) is 145 Å². The Morgan fingerprint density at radius 1 is 0.949 bits per heavy atom. The van der Waals surface area contributed by atoms with Gasteiger partial charge in [-0.05, 0) is 104 Å². The number of rotatable bonds is 12. The van der Waals surface area contributed by atoms with Gasteiger partial charge in [0.2, 0.25) is 0 Å². The van der Waals surface area contributed by atoms with Crippen molar-refractivity contribution in [3.05, 3.63) is 23.8 Å². The zero-order chi connectivity index (χ0) is 28.2. The number of carbonyl (C=O) groups excluding carboxylic acids is 1. The van der Waals surface area contributed by atoms with E-state index in [1.807, 2.05) is 0 Å². The monoisotopic (exact) mass is 538 g/mol.